The summed E-state index contributed by atoms with van der Waals surface area (Å²) >= 11 is 0. The molecule has 2 unspecified atom stereocenters. The van der Waals surface area contributed by atoms with Gasteiger partial charge in [-0.2, -0.15) is 0 Å². The fourth-order valence-corrected chi connectivity index (χ4v) is 7.78. The van der Waals surface area contributed by atoms with E-state index in [-0.39, 0.29) is 12.2 Å². The first kappa shape index (κ1) is 26.7. The van der Waals surface area contributed by atoms with E-state index in [0.717, 1.165) is 9.80 Å². The van der Waals surface area contributed by atoms with Gasteiger partial charge in [-0.3, -0.25) is 29.0 Å². The minimum absolute atomic E-state index is 0.0915. The highest BCUT2D eigenvalue weighted by Gasteiger charge is 2.77. The molecule has 3 fully saturated rings. The first-order chi connectivity index (χ1) is 19.6. The van der Waals surface area contributed by atoms with Gasteiger partial charge in [0.15, 0.2) is 0 Å². The van der Waals surface area contributed by atoms with Crippen molar-refractivity contribution in [1.29, 1.82) is 0 Å². The maximum atomic E-state index is 14.2. The predicted molar refractivity (Wildman–Crippen MR) is 146 cm³/mol. The zero-order valence-electron chi connectivity index (χ0n) is 23.4. The average molecular weight is 559 g/mol. The fourth-order valence-electron chi connectivity index (χ4n) is 7.78. The Balaban J connectivity index is 1.51. The van der Waals surface area contributed by atoms with E-state index in [9.17, 15) is 24.0 Å². The van der Waals surface area contributed by atoms with Crippen LogP contribution in [0.4, 0.5) is 11.4 Å². The molecule has 6 atom stereocenters. The zero-order chi connectivity index (χ0) is 29.4. The van der Waals surface area contributed by atoms with Crippen molar-refractivity contribution < 1.29 is 38.2 Å². The van der Waals surface area contributed by atoms with Crippen molar-refractivity contribution in [3.63, 3.8) is 0 Å². The minimum Gasteiger partial charge on any atom is -0.497 e. The maximum Gasteiger partial charge on any atom is 0.334 e. The number of methoxy groups -OCH3 is 2. The third kappa shape index (κ3) is 3.39. The predicted octanol–water partition coefficient (Wildman–Crippen LogP) is 3.14. The number of ether oxygens (including phenoxy) is 3. The van der Waals surface area contributed by atoms with Crippen molar-refractivity contribution in [2.75, 3.05) is 30.6 Å². The quantitative estimate of drug-likeness (QED) is 0.392. The van der Waals surface area contributed by atoms with Gasteiger partial charge >= 0.3 is 5.97 Å². The summed E-state index contributed by atoms with van der Waals surface area (Å²) in [6, 6.07) is 13.1. The van der Waals surface area contributed by atoms with E-state index >= 15 is 0 Å². The number of carbonyl (C=O) groups excluding carboxylic acids is 5. The molecule has 5 aliphatic rings. The molecule has 2 heterocycles. The maximum absolute atomic E-state index is 14.2. The highest BCUT2D eigenvalue weighted by Crippen LogP contribution is 2.68. The van der Waals surface area contributed by atoms with Crippen LogP contribution in [0.15, 0.2) is 59.7 Å². The van der Waals surface area contributed by atoms with Crippen LogP contribution >= 0.6 is 0 Å². The average Bonchev–Trinajstić information content (AvgIpc) is 3.39. The number of carbonyl (C=O) groups is 5. The van der Waals surface area contributed by atoms with E-state index in [0.29, 0.717) is 28.4 Å². The minimum atomic E-state index is -1.46. The number of anilines is 2. The third-order valence-electron chi connectivity index (χ3n) is 9.34. The SMILES string of the molecule is CCOC(=O)C1=C(C)C2[C@H]3C(=O)N(c4ccc(OC)cc4)C(=O)[C@@H]3C1(C)[C@H]1C(=O)N(c3ccc(OC)cc3)C(=O)[C@@H]21. The van der Waals surface area contributed by atoms with E-state index in [2.05, 4.69) is 0 Å². The lowest BCUT2D eigenvalue weighted by molar-refractivity contribution is -0.155. The molecule has 212 valence electrons. The molecule has 0 radical (unpaired) electrons. The van der Waals surface area contributed by atoms with Crippen molar-refractivity contribution in [3.8, 4) is 11.5 Å². The summed E-state index contributed by atoms with van der Waals surface area (Å²) < 4.78 is 15.9. The Labute approximate surface area is 236 Å². The number of imide groups is 2. The smallest absolute Gasteiger partial charge is 0.334 e. The first-order valence-electron chi connectivity index (χ1n) is 13.5. The Kier molecular flexibility index (Phi) is 6.06. The molecule has 0 N–H and O–H groups in total. The highest BCUT2D eigenvalue weighted by molar-refractivity contribution is 6.27. The summed E-state index contributed by atoms with van der Waals surface area (Å²) in [6.07, 6.45) is 0. The van der Waals surface area contributed by atoms with Crippen LogP contribution in [0, 0.1) is 35.0 Å². The van der Waals surface area contributed by atoms with E-state index in [1.807, 2.05) is 0 Å². The molecule has 10 heteroatoms. The first-order valence-corrected chi connectivity index (χ1v) is 13.5. The van der Waals surface area contributed by atoms with Gasteiger partial charge in [-0.25, -0.2) is 4.79 Å². The Morgan fingerprint density at radius 1 is 0.732 bits per heavy atom. The van der Waals surface area contributed by atoms with Crippen molar-refractivity contribution in [2.24, 2.45) is 35.0 Å². The van der Waals surface area contributed by atoms with Gasteiger partial charge in [-0.1, -0.05) is 12.5 Å². The largest absolute Gasteiger partial charge is 0.497 e. The van der Waals surface area contributed by atoms with Gasteiger partial charge in [0.1, 0.15) is 11.5 Å². The van der Waals surface area contributed by atoms with Crippen molar-refractivity contribution in [3.05, 3.63) is 59.7 Å². The molecule has 41 heavy (non-hydrogen) atoms. The molecule has 10 nitrogen and oxygen atoms in total. The van der Waals surface area contributed by atoms with Crippen LogP contribution < -0.4 is 19.3 Å². The lowest BCUT2D eigenvalue weighted by Crippen LogP contribution is -2.61. The van der Waals surface area contributed by atoms with Crippen LogP contribution in [0.5, 0.6) is 11.5 Å². The standard InChI is InChI=1S/C31H30N2O8/c1-6-41-30(38)23-15(2)20-21-24(28(36)32(26(21)34)16-7-11-18(39-4)12-8-16)31(23,3)25-22(20)27(35)33(29(25)37)17-9-13-19(40-5)14-10-17/h7-14,20-22,24-25H,6H2,1-5H3/t20?,21-,22+,24-,25-,31?/m1/s1. The van der Waals surface area contributed by atoms with Gasteiger partial charge in [0, 0.05) is 16.9 Å². The molecular weight excluding hydrogens is 528 g/mol. The summed E-state index contributed by atoms with van der Waals surface area (Å²) in [6.45, 7) is 5.14. The normalized spacial score (nSPS) is 30.1. The lowest BCUT2D eigenvalue weighted by atomic mass is 9.43. The van der Waals surface area contributed by atoms with Crippen molar-refractivity contribution >= 4 is 41.0 Å². The third-order valence-corrected chi connectivity index (χ3v) is 9.34. The highest BCUT2D eigenvalue weighted by atomic mass is 16.5. The zero-order valence-corrected chi connectivity index (χ0v) is 23.4. The number of esters is 1. The molecule has 2 bridgehead atoms. The summed E-state index contributed by atoms with van der Waals surface area (Å²) in [5.41, 5.74) is -0.0128. The van der Waals surface area contributed by atoms with Crippen LogP contribution in [0.25, 0.3) is 0 Å². The summed E-state index contributed by atoms with van der Waals surface area (Å²) in [4.78, 5) is 72.3. The molecule has 2 saturated heterocycles. The second kappa shape index (κ2) is 9.29. The second-order valence-electron chi connectivity index (χ2n) is 11.0. The number of hydrogen-bond acceptors (Lipinski definition) is 8. The molecule has 0 aromatic heterocycles. The molecule has 2 aliphatic heterocycles. The number of nitrogens with zero attached hydrogens (tertiary/aromatic N) is 2. The van der Waals surface area contributed by atoms with Crippen LogP contribution in [-0.2, 0) is 28.7 Å². The number of allylic oxidation sites excluding steroid dienone is 1. The topological polar surface area (TPSA) is 120 Å². The number of rotatable bonds is 6. The van der Waals surface area contributed by atoms with Gasteiger partial charge in [-0.15, -0.1) is 0 Å². The van der Waals surface area contributed by atoms with E-state index in [4.69, 9.17) is 14.2 Å². The summed E-state index contributed by atoms with van der Waals surface area (Å²) in [5, 5.41) is 0. The summed E-state index contributed by atoms with van der Waals surface area (Å²) in [7, 11) is 3.03. The van der Waals surface area contributed by atoms with Gasteiger partial charge in [0.2, 0.25) is 23.6 Å². The van der Waals surface area contributed by atoms with Crippen LogP contribution in [-0.4, -0.2) is 50.4 Å². The van der Waals surface area contributed by atoms with Crippen molar-refractivity contribution in [1.82, 2.24) is 0 Å². The molecule has 2 aromatic carbocycles. The fraction of sp³-hybridized carbons (Fsp3) is 0.387. The van der Waals surface area contributed by atoms with Gasteiger partial charge in [0.05, 0.1) is 55.9 Å². The molecular formula is C31H30N2O8. The lowest BCUT2D eigenvalue weighted by Gasteiger charge is -2.55. The molecule has 0 spiro atoms. The molecule has 3 aliphatic carbocycles. The Hall–Kier alpha value is -4.47. The Bertz CT molecular complexity index is 1430. The van der Waals surface area contributed by atoms with E-state index < -0.39 is 64.6 Å². The molecule has 2 aromatic rings. The monoisotopic (exact) mass is 558 g/mol. The molecule has 4 amide bonds. The van der Waals surface area contributed by atoms with Gasteiger partial charge in [-0.05, 0) is 62.4 Å². The molecule has 1 saturated carbocycles. The van der Waals surface area contributed by atoms with Crippen LogP contribution in [0.2, 0.25) is 0 Å². The molecule has 7 rings (SSSR count). The summed E-state index contributed by atoms with van der Waals surface area (Å²) in [5.74, 6) is -6.15. The van der Waals surface area contributed by atoms with Crippen molar-refractivity contribution in [2.45, 2.75) is 20.8 Å². The second-order valence-corrected chi connectivity index (χ2v) is 11.0. The van der Waals surface area contributed by atoms with Crippen LogP contribution in [0.1, 0.15) is 20.8 Å². The van der Waals surface area contributed by atoms with E-state index in [1.54, 1.807) is 69.3 Å². The Morgan fingerprint density at radius 2 is 1.15 bits per heavy atom. The van der Waals surface area contributed by atoms with Crippen LogP contribution in [0.3, 0.4) is 0 Å². The van der Waals surface area contributed by atoms with E-state index in [1.165, 1.54) is 14.2 Å². The number of benzene rings is 2. The Morgan fingerprint density at radius 3 is 1.51 bits per heavy atom. The number of amides is 4. The number of hydrogen-bond donors (Lipinski definition) is 0. The van der Waals surface area contributed by atoms with Gasteiger partial charge < -0.3 is 14.2 Å². The van der Waals surface area contributed by atoms with Gasteiger partial charge in [0.25, 0.3) is 0 Å².